The van der Waals surface area contributed by atoms with Crippen LogP contribution < -0.4 is 0 Å². The molecule has 132 valence electrons. The SMILES string of the molecule is CC(OC(=O)C12CC3CC(CC(C3)C1)C2)c1nnc(-c2cccs2)o1. The average Bonchev–Trinajstić information content (AvgIpc) is 3.25. The molecule has 4 saturated carbocycles. The van der Waals surface area contributed by atoms with Gasteiger partial charge in [0.25, 0.3) is 11.8 Å². The molecule has 0 saturated heterocycles. The molecule has 2 aromatic rings. The van der Waals surface area contributed by atoms with E-state index in [0.717, 1.165) is 41.9 Å². The number of hydrogen-bond acceptors (Lipinski definition) is 6. The highest BCUT2D eigenvalue weighted by molar-refractivity contribution is 7.13. The van der Waals surface area contributed by atoms with Crippen molar-refractivity contribution in [2.24, 2.45) is 23.2 Å². The minimum atomic E-state index is -0.498. The van der Waals surface area contributed by atoms with Crippen molar-refractivity contribution in [2.45, 2.75) is 51.6 Å². The molecule has 5 nitrogen and oxygen atoms in total. The first-order chi connectivity index (χ1) is 12.1. The van der Waals surface area contributed by atoms with Gasteiger partial charge in [0.1, 0.15) is 0 Å². The van der Waals surface area contributed by atoms with Crippen LogP contribution in [0.1, 0.15) is 57.4 Å². The Labute approximate surface area is 150 Å². The number of aromatic nitrogens is 2. The van der Waals surface area contributed by atoms with Gasteiger partial charge >= 0.3 is 5.97 Å². The number of rotatable bonds is 4. The predicted molar refractivity (Wildman–Crippen MR) is 92.7 cm³/mol. The van der Waals surface area contributed by atoms with E-state index >= 15 is 0 Å². The first-order valence-corrected chi connectivity index (χ1v) is 10.1. The molecule has 1 atom stereocenters. The van der Waals surface area contributed by atoms with E-state index in [1.165, 1.54) is 19.3 Å². The summed E-state index contributed by atoms with van der Waals surface area (Å²) >= 11 is 1.55. The summed E-state index contributed by atoms with van der Waals surface area (Å²) in [4.78, 5) is 13.9. The van der Waals surface area contributed by atoms with E-state index in [1.807, 2.05) is 24.4 Å². The van der Waals surface area contributed by atoms with Crippen LogP contribution in [0.2, 0.25) is 0 Å². The van der Waals surface area contributed by atoms with Crippen molar-refractivity contribution in [1.29, 1.82) is 0 Å². The maximum absolute atomic E-state index is 13.0. The van der Waals surface area contributed by atoms with Crippen molar-refractivity contribution in [3.8, 4) is 10.8 Å². The van der Waals surface area contributed by atoms with E-state index in [-0.39, 0.29) is 11.4 Å². The van der Waals surface area contributed by atoms with Gasteiger partial charge in [0.2, 0.25) is 0 Å². The fourth-order valence-corrected chi connectivity index (χ4v) is 6.24. The summed E-state index contributed by atoms with van der Waals surface area (Å²) in [6, 6.07) is 3.88. The van der Waals surface area contributed by atoms with E-state index < -0.39 is 6.10 Å². The molecule has 0 amide bonds. The van der Waals surface area contributed by atoms with Crippen molar-refractivity contribution >= 4 is 17.3 Å². The zero-order valence-corrected chi connectivity index (χ0v) is 15.1. The average molecular weight is 358 g/mol. The second-order valence-corrected chi connectivity index (χ2v) is 9.12. The van der Waals surface area contributed by atoms with Crippen LogP contribution in [0.4, 0.5) is 0 Å². The number of carbonyl (C=O) groups excluding carboxylic acids is 1. The Morgan fingerprint density at radius 3 is 2.52 bits per heavy atom. The monoisotopic (exact) mass is 358 g/mol. The molecule has 4 bridgehead atoms. The molecule has 6 heteroatoms. The minimum absolute atomic E-state index is 0.0463. The zero-order valence-electron chi connectivity index (χ0n) is 14.3. The molecule has 4 aliphatic rings. The smallest absolute Gasteiger partial charge is 0.312 e. The Hall–Kier alpha value is -1.69. The Morgan fingerprint density at radius 2 is 1.92 bits per heavy atom. The number of thiophene rings is 1. The van der Waals surface area contributed by atoms with Gasteiger partial charge in [-0.15, -0.1) is 21.5 Å². The van der Waals surface area contributed by atoms with E-state index in [0.29, 0.717) is 11.8 Å². The highest BCUT2D eigenvalue weighted by Crippen LogP contribution is 2.60. The van der Waals surface area contributed by atoms with Crippen LogP contribution in [0.5, 0.6) is 0 Å². The molecule has 1 unspecified atom stereocenters. The largest absolute Gasteiger partial charge is 0.452 e. The summed E-state index contributed by atoms with van der Waals surface area (Å²) in [5.41, 5.74) is -0.250. The molecular weight excluding hydrogens is 336 g/mol. The molecule has 0 spiro atoms. The van der Waals surface area contributed by atoms with Crippen molar-refractivity contribution in [3.05, 3.63) is 23.4 Å². The number of hydrogen-bond donors (Lipinski definition) is 0. The fourth-order valence-electron chi connectivity index (χ4n) is 5.60. The number of esters is 1. The van der Waals surface area contributed by atoms with Gasteiger partial charge in [-0.2, -0.15) is 0 Å². The van der Waals surface area contributed by atoms with E-state index in [2.05, 4.69) is 10.2 Å². The van der Waals surface area contributed by atoms with Gasteiger partial charge < -0.3 is 9.15 Å². The molecule has 2 heterocycles. The number of ether oxygens (including phenoxy) is 1. The molecule has 0 N–H and O–H groups in total. The molecule has 0 aromatic carbocycles. The van der Waals surface area contributed by atoms with Gasteiger partial charge in [-0.05, 0) is 74.6 Å². The van der Waals surface area contributed by atoms with Crippen molar-refractivity contribution in [1.82, 2.24) is 10.2 Å². The topological polar surface area (TPSA) is 65.2 Å². The van der Waals surface area contributed by atoms with E-state index in [4.69, 9.17) is 9.15 Å². The minimum Gasteiger partial charge on any atom is -0.452 e. The Morgan fingerprint density at radius 1 is 1.24 bits per heavy atom. The lowest BCUT2D eigenvalue weighted by molar-refractivity contribution is -0.177. The van der Waals surface area contributed by atoms with Crippen LogP contribution in [0.3, 0.4) is 0 Å². The Balaban J connectivity index is 1.31. The standard InChI is InChI=1S/C19H22N2O3S/c1-11(16-20-21-17(24-16)15-3-2-4-25-15)23-18(22)19-8-12-5-13(9-19)7-14(6-12)10-19/h2-4,11-14H,5-10H2,1H3. The first-order valence-electron chi connectivity index (χ1n) is 9.20. The third-order valence-corrected chi connectivity index (χ3v) is 7.13. The van der Waals surface area contributed by atoms with Crippen molar-refractivity contribution in [2.75, 3.05) is 0 Å². The Bertz CT molecular complexity index is 747. The second-order valence-electron chi connectivity index (χ2n) is 8.17. The van der Waals surface area contributed by atoms with Gasteiger partial charge in [0.05, 0.1) is 10.3 Å². The molecule has 25 heavy (non-hydrogen) atoms. The maximum Gasteiger partial charge on any atom is 0.312 e. The fraction of sp³-hybridized carbons (Fsp3) is 0.632. The Kier molecular flexibility index (Phi) is 3.52. The number of nitrogens with zero attached hydrogens (tertiary/aromatic N) is 2. The van der Waals surface area contributed by atoms with Gasteiger partial charge in [-0.3, -0.25) is 4.79 Å². The third-order valence-electron chi connectivity index (χ3n) is 6.28. The molecule has 4 aliphatic carbocycles. The lowest BCUT2D eigenvalue weighted by Gasteiger charge is -2.55. The second kappa shape index (κ2) is 5.66. The van der Waals surface area contributed by atoms with Gasteiger partial charge in [-0.1, -0.05) is 6.07 Å². The lowest BCUT2D eigenvalue weighted by Crippen LogP contribution is -2.50. The van der Waals surface area contributed by atoms with Gasteiger partial charge in [-0.25, -0.2) is 0 Å². The quantitative estimate of drug-likeness (QED) is 0.746. The summed E-state index contributed by atoms with van der Waals surface area (Å²) in [7, 11) is 0. The van der Waals surface area contributed by atoms with Crippen LogP contribution in [0.25, 0.3) is 10.8 Å². The molecule has 6 rings (SSSR count). The summed E-state index contributed by atoms with van der Waals surface area (Å²) in [6.45, 7) is 1.82. The van der Waals surface area contributed by atoms with Crippen LogP contribution in [-0.2, 0) is 9.53 Å². The number of carbonyl (C=O) groups is 1. The van der Waals surface area contributed by atoms with Gasteiger partial charge in [0.15, 0.2) is 6.10 Å². The summed E-state index contributed by atoms with van der Waals surface area (Å²) < 4.78 is 11.5. The van der Waals surface area contributed by atoms with Crippen LogP contribution in [-0.4, -0.2) is 16.2 Å². The first kappa shape index (κ1) is 15.6. The molecule has 2 aromatic heterocycles. The normalized spacial score (nSPS) is 34.2. The molecule has 4 fully saturated rings. The highest BCUT2D eigenvalue weighted by Gasteiger charge is 2.55. The molecular formula is C19H22N2O3S. The van der Waals surface area contributed by atoms with Crippen molar-refractivity contribution in [3.63, 3.8) is 0 Å². The lowest BCUT2D eigenvalue weighted by atomic mass is 9.49. The van der Waals surface area contributed by atoms with E-state index in [9.17, 15) is 4.79 Å². The van der Waals surface area contributed by atoms with Crippen LogP contribution in [0, 0.1) is 23.2 Å². The van der Waals surface area contributed by atoms with Crippen molar-refractivity contribution < 1.29 is 13.9 Å². The van der Waals surface area contributed by atoms with E-state index in [1.54, 1.807) is 11.3 Å². The highest BCUT2D eigenvalue weighted by atomic mass is 32.1. The summed E-state index contributed by atoms with van der Waals surface area (Å²) in [6.07, 6.45) is 6.47. The summed E-state index contributed by atoms with van der Waals surface area (Å²) in [5.74, 6) is 2.99. The van der Waals surface area contributed by atoms with Crippen LogP contribution >= 0.6 is 11.3 Å². The van der Waals surface area contributed by atoms with Gasteiger partial charge in [0, 0.05) is 0 Å². The molecule has 0 aliphatic heterocycles. The zero-order chi connectivity index (χ0) is 17.0. The predicted octanol–water partition coefficient (Wildman–Crippen LogP) is 4.62. The summed E-state index contributed by atoms with van der Waals surface area (Å²) in [5, 5.41) is 10.1. The molecule has 0 radical (unpaired) electrons. The van der Waals surface area contributed by atoms with Crippen LogP contribution in [0.15, 0.2) is 21.9 Å². The third kappa shape index (κ3) is 2.62. The maximum atomic E-state index is 13.0.